The summed E-state index contributed by atoms with van der Waals surface area (Å²) in [5.74, 6) is 0.452. The molecule has 3 heteroatoms. The molecule has 1 aliphatic rings. The Morgan fingerprint density at radius 2 is 1.93 bits per heavy atom. The summed E-state index contributed by atoms with van der Waals surface area (Å²) in [6.07, 6.45) is 3.47. The topological polar surface area (TPSA) is 29.4 Å². The lowest BCUT2D eigenvalue weighted by atomic mass is 9.77. The maximum absolute atomic E-state index is 10.7. The molecule has 1 atom stereocenters. The molecule has 0 spiro atoms. The van der Waals surface area contributed by atoms with Crippen LogP contribution >= 0.6 is 11.6 Å². The van der Waals surface area contributed by atoms with Crippen LogP contribution in [0.1, 0.15) is 30.9 Å². The van der Waals surface area contributed by atoms with Crippen molar-refractivity contribution in [1.82, 2.24) is 0 Å². The summed E-state index contributed by atoms with van der Waals surface area (Å²) in [6, 6.07) is 7.25. The zero-order valence-electron chi connectivity index (χ0n) is 7.82. The van der Waals surface area contributed by atoms with Gasteiger partial charge in [-0.3, -0.25) is 0 Å². The molecule has 1 saturated carbocycles. The fourth-order valence-electron chi connectivity index (χ4n) is 1.83. The summed E-state index contributed by atoms with van der Waals surface area (Å²) < 4.78 is 0. The predicted molar refractivity (Wildman–Crippen MR) is 57.3 cm³/mol. The van der Waals surface area contributed by atoms with E-state index in [1.807, 2.05) is 24.3 Å². The van der Waals surface area contributed by atoms with Gasteiger partial charge in [0.1, 0.15) is 6.04 Å². The number of nitrogens with zero attached hydrogens (tertiary/aromatic N) is 1. The second-order valence-electron chi connectivity index (χ2n) is 3.79. The number of benzene rings is 1. The molecule has 2 nitrogen and oxygen atoms in total. The monoisotopic (exact) mass is 209 g/mol. The molecule has 1 aliphatic carbocycles. The molecule has 0 bridgehead atoms. The number of hydrogen-bond acceptors (Lipinski definition) is 2. The van der Waals surface area contributed by atoms with Crippen LogP contribution in [-0.2, 0) is 0 Å². The third-order valence-electron chi connectivity index (χ3n) is 2.92. The van der Waals surface area contributed by atoms with E-state index in [1.54, 1.807) is 0 Å². The Hall–Kier alpha value is -0.890. The minimum Gasteiger partial charge on any atom is -0.150 e. The van der Waals surface area contributed by atoms with Gasteiger partial charge in [0.2, 0.25) is 0 Å². The number of hydrogen-bond donors (Lipinski definition) is 0. The van der Waals surface area contributed by atoms with Gasteiger partial charge in [-0.25, -0.2) is 0 Å². The van der Waals surface area contributed by atoms with Gasteiger partial charge in [0.25, 0.3) is 0 Å². The van der Waals surface area contributed by atoms with Gasteiger partial charge < -0.3 is 0 Å². The largest absolute Gasteiger partial charge is 0.150 e. The molecular formula is C11H12ClNO. The van der Waals surface area contributed by atoms with E-state index in [0.717, 1.165) is 18.4 Å². The zero-order chi connectivity index (χ0) is 9.97. The lowest BCUT2D eigenvalue weighted by molar-refractivity contribution is 0.264. The Bertz CT molecular complexity index is 319. The average molecular weight is 210 g/mol. The van der Waals surface area contributed by atoms with Gasteiger partial charge in [-0.15, -0.1) is 0 Å². The summed E-state index contributed by atoms with van der Waals surface area (Å²) in [6.45, 7) is 0. The predicted octanol–water partition coefficient (Wildman–Crippen LogP) is 3.95. The van der Waals surface area contributed by atoms with Crippen LogP contribution in [0.3, 0.4) is 0 Å². The van der Waals surface area contributed by atoms with Gasteiger partial charge in [-0.05, 0) is 36.5 Å². The molecule has 1 fully saturated rings. The van der Waals surface area contributed by atoms with Crippen molar-refractivity contribution in [1.29, 1.82) is 0 Å². The van der Waals surface area contributed by atoms with Gasteiger partial charge in [0.05, 0.1) is 0 Å². The Kier molecular flexibility index (Phi) is 2.82. The highest BCUT2D eigenvalue weighted by Crippen LogP contribution is 2.40. The second-order valence-corrected chi connectivity index (χ2v) is 4.23. The van der Waals surface area contributed by atoms with Crippen LogP contribution in [0.25, 0.3) is 0 Å². The Morgan fingerprint density at radius 1 is 1.29 bits per heavy atom. The van der Waals surface area contributed by atoms with Crippen LogP contribution in [-0.4, -0.2) is 0 Å². The van der Waals surface area contributed by atoms with Crippen molar-refractivity contribution in [2.75, 3.05) is 0 Å². The average Bonchev–Trinajstić information content (AvgIpc) is 2.13. The fourth-order valence-corrected chi connectivity index (χ4v) is 1.96. The Balaban J connectivity index is 2.18. The van der Waals surface area contributed by atoms with E-state index in [1.165, 1.54) is 6.42 Å². The summed E-state index contributed by atoms with van der Waals surface area (Å²) in [5.41, 5.74) is 0.995. The maximum Gasteiger partial charge on any atom is 0.120 e. The van der Waals surface area contributed by atoms with E-state index in [2.05, 4.69) is 5.18 Å². The molecule has 1 aromatic rings. The molecule has 0 amide bonds. The van der Waals surface area contributed by atoms with E-state index in [9.17, 15) is 4.91 Å². The highest BCUT2D eigenvalue weighted by atomic mass is 35.5. The van der Waals surface area contributed by atoms with Gasteiger partial charge in [0, 0.05) is 5.02 Å². The third kappa shape index (κ3) is 1.80. The van der Waals surface area contributed by atoms with E-state index >= 15 is 0 Å². The summed E-state index contributed by atoms with van der Waals surface area (Å²) >= 11 is 5.78. The smallest absolute Gasteiger partial charge is 0.120 e. The molecule has 0 heterocycles. The van der Waals surface area contributed by atoms with Crippen molar-refractivity contribution >= 4 is 11.6 Å². The first-order valence-electron chi connectivity index (χ1n) is 4.89. The zero-order valence-corrected chi connectivity index (χ0v) is 8.57. The fraction of sp³-hybridized carbons (Fsp3) is 0.455. The first-order chi connectivity index (χ1) is 6.81. The minimum absolute atomic E-state index is 0.166. The minimum atomic E-state index is -0.166. The van der Waals surface area contributed by atoms with Crippen molar-refractivity contribution in [3.05, 3.63) is 39.8 Å². The second kappa shape index (κ2) is 4.09. The van der Waals surface area contributed by atoms with Crippen molar-refractivity contribution in [3.8, 4) is 0 Å². The Labute approximate surface area is 88.2 Å². The van der Waals surface area contributed by atoms with Crippen LogP contribution < -0.4 is 0 Å². The Morgan fingerprint density at radius 3 is 2.36 bits per heavy atom. The molecule has 14 heavy (non-hydrogen) atoms. The van der Waals surface area contributed by atoms with E-state index in [4.69, 9.17) is 11.6 Å². The molecular weight excluding hydrogens is 198 g/mol. The number of halogens is 1. The summed E-state index contributed by atoms with van der Waals surface area (Å²) in [5, 5.41) is 3.92. The highest BCUT2D eigenvalue weighted by Gasteiger charge is 2.29. The number of rotatable bonds is 3. The van der Waals surface area contributed by atoms with Crippen molar-refractivity contribution in [3.63, 3.8) is 0 Å². The molecule has 2 rings (SSSR count). The van der Waals surface area contributed by atoms with Crippen LogP contribution in [0.2, 0.25) is 5.02 Å². The van der Waals surface area contributed by atoms with Crippen molar-refractivity contribution in [2.24, 2.45) is 11.1 Å². The van der Waals surface area contributed by atoms with Gasteiger partial charge in [-0.2, -0.15) is 4.91 Å². The first kappa shape index (κ1) is 9.66. The van der Waals surface area contributed by atoms with Gasteiger partial charge >= 0.3 is 0 Å². The molecule has 0 N–H and O–H groups in total. The quantitative estimate of drug-likeness (QED) is 0.694. The highest BCUT2D eigenvalue weighted by molar-refractivity contribution is 6.30. The third-order valence-corrected chi connectivity index (χ3v) is 3.17. The van der Waals surface area contributed by atoms with Gasteiger partial charge in [0.15, 0.2) is 0 Å². The summed E-state index contributed by atoms with van der Waals surface area (Å²) in [4.78, 5) is 10.7. The molecule has 0 saturated heterocycles. The molecule has 74 valence electrons. The maximum atomic E-state index is 10.7. The summed E-state index contributed by atoms with van der Waals surface area (Å²) in [7, 11) is 0. The normalized spacial score (nSPS) is 18.6. The number of nitroso groups, excluding NO2 is 1. The van der Waals surface area contributed by atoms with Crippen molar-refractivity contribution < 1.29 is 0 Å². The van der Waals surface area contributed by atoms with Gasteiger partial charge in [-0.1, -0.05) is 35.3 Å². The SMILES string of the molecule is O=NC(c1ccc(Cl)cc1)C1CCC1. The van der Waals surface area contributed by atoms with E-state index < -0.39 is 0 Å². The molecule has 1 aromatic carbocycles. The van der Waals surface area contributed by atoms with Crippen molar-refractivity contribution in [2.45, 2.75) is 25.3 Å². The standard InChI is InChI=1S/C11H12ClNO/c12-10-6-4-9(5-7-10)11(13-14)8-2-1-3-8/h4-8,11H,1-3H2. The molecule has 0 aliphatic heterocycles. The van der Waals surface area contributed by atoms with Crippen LogP contribution in [0.4, 0.5) is 0 Å². The lowest BCUT2D eigenvalue weighted by Gasteiger charge is -2.29. The first-order valence-corrected chi connectivity index (χ1v) is 5.27. The lowest BCUT2D eigenvalue weighted by Crippen LogP contribution is -2.18. The van der Waals surface area contributed by atoms with Crippen LogP contribution in [0.15, 0.2) is 29.4 Å². The molecule has 0 radical (unpaired) electrons. The van der Waals surface area contributed by atoms with Crippen LogP contribution in [0.5, 0.6) is 0 Å². The van der Waals surface area contributed by atoms with Crippen LogP contribution in [0, 0.1) is 10.8 Å². The van der Waals surface area contributed by atoms with E-state index in [0.29, 0.717) is 10.9 Å². The molecule has 0 aromatic heterocycles. The van der Waals surface area contributed by atoms with E-state index in [-0.39, 0.29) is 6.04 Å². The molecule has 1 unspecified atom stereocenters.